The van der Waals surface area contributed by atoms with Crippen LogP contribution in [0.3, 0.4) is 0 Å². The highest BCUT2D eigenvalue weighted by Crippen LogP contribution is 2.44. The molecule has 4 nitrogen and oxygen atoms in total. The first-order valence-corrected chi connectivity index (χ1v) is 7.67. The molecule has 21 heavy (non-hydrogen) atoms. The second-order valence-corrected chi connectivity index (χ2v) is 6.40. The third-order valence-electron chi connectivity index (χ3n) is 4.00. The van der Waals surface area contributed by atoms with Crippen LogP contribution in [0.5, 0.6) is 5.75 Å². The number of carbonyl (C=O) groups is 1. The highest BCUT2D eigenvalue weighted by molar-refractivity contribution is 5.94. The molecular formula is C17H25NO3. The van der Waals surface area contributed by atoms with Crippen LogP contribution in [0.25, 0.3) is 0 Å². The van der Waals surface area contributed by atoms with E-state index in [9.17, 15) is 9.90 Å². The van der Waals surface area contributed by atoms with Gasteiger partial charge in [0.2, 0.25) is 0 Å². The standard InChI is InChI=1S/C17H25NO3/c1-13(2)7-10-21-15-5-3-14(4-6-15)16(20)18-11-17(12-19)8-9-17/h3-6,13,19H,7-12H2,1-2H3,(H,18,20). The van der Waals surface area contributed by atoms with Gasteiger partial charge in [-0.15, -0.1) is 0 Å². The van der Waals surface area contributed by atoms with Gasteiger partial charge in [0.1, 0.15) is 5.75 Å². The predicted octanol–water partition coefficient (Wildman–Crippen LogP) is 2.61. The van der Waals surface area contributed by atoms with Crippen LogP contribution >= 0.6 is 0 Å². The van der Waals surface area contributed by atoms with Crippen LogP contribution in [0.2, 0.25) is 0 Å². The fourth-order valence-corrected chi connectivity index (χ4v) is 2.05. The predicted molar refractivity (Wildman–Crippen MR) is 82.5 cm³/mol. The zero-order valence-corrected chi connectivity index (χ0v) is 12.9. The molecule has 4 heteroatoms. The van der Waals surface area contributed by atoms with Gasteiger partial charge in [-0.1, -0.05) is 13.8 Å². The minimum atomic E-state index is -0.0940. The van der Waals surface area contributed by atoms with Crippen LogP contribution in [-0.2, 0) is 0 Å². The summed E-state index contributed by atoms with van der Waals surface area (Å²) in [5.74, 6) is 1.32. The van der Waals surface area contributed by atoms with E-state index >= 15 is 0 Å². The van der Waals surface area contributed by atoms with E-state index in [-0.39, 0.29) is 17.9 Å². The highest BCUT2D eigenvalue weighted by atomic mass is 16.5. The molecule has 1 fully saturated rings. The molecule has 0 saturated heterocycles. The molecule has 0 atom stereocenters. The lowest BCUT2D eigenvalue weighted by atomic mass is 10.1. The molecule has 1 aromatic carbocycles. The summed E-state index contributed by atoms with van der Waals surface area (Å²) in [7, 11) is 0. The molecule has 1 saturated carbocycles. The lowest BCUT2D eigenvalue weighted by Crippen LogP contribution is -2.31. The van der Waals surface area contributed by atoms with E-state index in [2.05, 4.69) is 19.2 Å². The fourth-order valence-electron chi connectivity index (χ4n) is 2.05. The normalized spacial score (nSPS) is 15.8. The molecule has 2 N–H and O–H groups in total. The number of aliphatic hydroxyl groups is 1. The molecule has 0 spiro atoms. The van der Waals surface area contributed by atoms with Crippen molar-refractivity contribution >= 4 is 5.91 Å². The zero-order valence-electron chi connectivity index (χ0n) is 12.9. The van der Waals surface area contributed by atoms with Gasteiger partial charge in [-0.2, -0.15) is 0 Å². The number of aliphatic hydroxyl groups excluding tert-OH is 1. The van der Waals surface area contributed by atoms with Crippen LogP contribution in [-0.4, -0.2) is 30.8 Å². The van der Waals surface area contributed by atoms with E-state index in [4.69, 9.17) is 4.74 Å². The van der Waals surface area contributed by atoms with Crippen molar-refractivity contribution in [2.45, 2.75) is 33.1 Å². The summed E-state index contributed by atoms with van der Waals surface area (Å²) in [5, 5.41) is 12.1. The van der Waals surface area contributed by atoms with Crippen LogP contribution in [0.15, 0.2) is 24.3 Å². The minimum absolute atomic E-state index is 0.0600. The van der Waals surface area contributed by atoms with Crippen molar-refractivity contribution in [1.29, 1.82) is 0 Å². The van der Waals surface area contributed by atoms with Crippen LogP contribution in [0, 0.1) is 11.3 Å². The van der Waals surface area contributed by atoms with Gasteiger partial charge in [-0.25, -0.2) is 0 Å². The lowest BCUT2D eigenvalue weighted by molar-refractivity contribution is 0.0935. The number of carbonyl (C=O) groups excluding carboxylic acids is 1. The maximum absolute atomic E-state index is 12.0. The quantitative estimate of drug-likeness (QED) is 0.774. The van der Waals surface area contributed by atoms with Crippen molar-refractivity contribution in [2.24, 2.45) is 11.3 Å². The Labute approximate surface area is 126 Å². The molecule has 0 aliphatic heterocycles. The Morgan fingerprint density at radius 1 is 1.33 bits per heavy atom. The summed E-state index contributed by atoms with van der Waals surface area (Å²) in [6.45, 7) is 5.72. The monoisotopic (exact) mass is 291 g/mol. The van der Waals surface area contributed by atoms with Gasteiger partial charge < -0.3 is 15.2 Å². The smallest absolute Gasteiger partial charge is 0.251 e. The van der Waals surface area contributed by atoms with Crippen molar-refractivity contribution in [3.63, 3.8) is 0 Å². The van der Waals surface area contributed by atoms with Gasteiger partial charge in [0, 0.05) is 17.5 Å². The zero-order chi connectivity index (χ0) is 15.3. The first-order valence-electron chi connectivity index (χ1n) is 7.67. The molecule has 0 heterocycles. The maximum Gasteiger partial charge on any atom is 0.251 e. The van der Waals surface area contributed by atoms with Gasteiger partial charge in [0.05, 0.1) is 13.2 Å². The molecule has 1 aliphatic carbocycles. The van der Waals surface area contributed by atoms with Gasteiger partial charge in [0.15, 0.2) is 0 Å². The number of hydrogen-bond acceptors (Lipinski definition) is 3. The summed E-state index contributed by atoms with van der Waals surface area (Å²) in [6, 6.07) is 7.21. The first-order chi connectivity index (χ1) is 10.0. The van der Waals surface area contributed by atoms with E-state index in [1.54, 1.807) is 12.1 Å². The molecule has 0 radical (unpaired) electrons. The highest BCUT2D eigenvalue weighted by Gasteiger charge is 2.42. The Morgan fingerprint density at radius 3 is 2.52 bits per heavy atom. The summed E-state index contributed by atoms with van der Waals surface area (Å²) in [6.07, 6.45) is 3.00. The molecule has 2 rings (SSSR count). The first kappa shape index (κ1) is 15.8. The Hall–Kier alpha value is -1.55. The second kappa shape index (κ2) is 6.94. The Kier molecular flexibility index (Phi) is 5.23. The Morgan fingerprint density at radius 2 is 2.00 bits per heavy atom. The molecule has 0 bridgehead atoms. The second-order valence-electron chi connectivity index (χ2n) is 6.40. The Balaban J connectivity index is 1.79. The molecule has 0 aromatic heterocycles. The maximum atomic E-state index is 12.0. The van der Waals surface area contributed by atoms with Crippen molar-refractivity contribution in [3.8, 4) is 5.75 Å². The average Bonchev–Trinajstić information content (AvgIpc) is 3.26. The van der Waals surface area contributed by atoms with E-state index in [0.717, 1.165) is 25.0 Å². The van der Waals surface area contributed by atoms with Crippen molar-refractivity contribution in [2.75, 3.05) is 19.8 Å². The summed E-state index contributed by atoms with van der Waals surface area (Å²) in [5.41, 5.74) is 0.565. The van der Waals surface area contributed by atoms with Crippen molar-refractivity contribution < 1.29 is 14.6 Å². The van der Waals surface area contributed by atoms with Crippen LogP contribution < -0.4 is 10.1 Å². The third-order valence-corrected chi connectivity index (χ3v) is 4.00. The number of benzene rings is 1. The minimum Gasteiger partial charge on any atom is -0.494 e. The Bertz CT molecular complexity index is 463. The van der Waals surface area contributed by atoms with Crippen molar-refractivity contribution in [3.05, 3.63) is 29.8 Å². The molecule has 1 amide bonds. The van der Waals surface area contributed by atoms with E-state index in [1.807, 2.05) is 12.1 Å². The van der Waals surface area contributed by atoms with Gasteiger partial charge in [-0.3, -0.25) is 4.79 Å². The molecule has 1 aliphatic rings. The summed E-state index contributed by atoms with van der Waals surface area (Å²) >= 11 is 0. The SMILES string of the molecule is CC(C)CCOc1ccc(C(=O)NCC2(CO)CC2)cc1. The number of hydrogen-bond donors (Lipinski definition) is 2. The number of nitrogens with one attached hydrogen (secondary N) is 1. The third kappa shape index (κ3) is 4.74. The molecular weight excluding hydrogens is 266 g/mol. The average molecular weight is 291 g/mol. The van der Waals surface area contributed by atoms with Gasteiger partial charge in [-0.05, 0) is 49.4 Å². The number of amides is 1. The van der Waals surface area contributed by atoms with Crippen molar-refractivity contribution in [1.82, 2.24) is 5.32 Å². The molecule has 0 unspecified atom stereocenters. The summed E-state index contributed by atoms with van der Waals surface area (Å²) < 4.78 is 5.63. The molecule has 116 valence electrons. The molecule has 1 aromatic rings. The largest absolute Gasteiger partial charge is 0.494 e. The van der Waals surface area contributed by atoms with E-state index < -0.39 is 0 Å². The topological polar surface area (TPSA) is 58.6 Å². The van der Waals surface area contributed by atoms with Gasteiger partial charge >= 0.3 is 0 Å². The van der Waals surface area contributed by atoms with Crippen LogP contribution in [0.1, 0.15) is 43.5 Å². The van der Waals surface area contributed by atoms with E-state index in [1.165, 1.54) is 0 Å². The van der Waals surface area contributed by atoms with E-state index in [0.29, 0.717) is 24.6 Å². The summed E-state index contributed by atoms with van der Waals surface area (Å²) in [4.78, 5) is 12.0. The fraction of sp³-hybridized carbons (Fsp3) is 0.588. The lowest BCUT2D eigenvalue weighted by Gasteiger charge is -2.13. The van der Waals surface area contributed by atoms with Crippen LogP contribution in [0.4, 0.5) is 0 Å². The number of ether oxygens (including phenoxy) is 1. The number of rotatable bonds is 8. The van der Waals surface area contributed by atoms with Gasteiger partial charge in [0.25, 0.3) is 5.91 Å².